The number of fused-ring (bicyclic) bond motifs is 1. The minimum absolute atomic E-state index is 0.0782. The lowest BCUT2D eigenvalue weighted by molar-refractivity contribution is -0.116. The second-order valence-electron chi connectivity index (χ2n) is 7.68. The van der Waals surface area contributed by atoms with E-state index in [0.717, 1.165) is 5.69 Å². The molecule has 0 radical (unpaired) electrons. The van der Waals surface area contributed by atoms with E-state index in [4.69, 9.17) is 4.74 Å². The van der Waals surface area contributed by atoms with E-state index in [2.05, 4.69) is 15.6 Å². The van der Waals surface area contributed by atoms with Crippen LogP contribution in [0.4, 0.5) is 5.82 Å². The highest BCUT2D eigenvalue weighted by Gasteiger charge is 2.16. The maximum absolute atomic E-state index is 13.1. The lowest BCUT2D eigenvalue weighted by atomic mass is 10.1. The number of anilines is 1. The van der Waals surface area contributed by atoms with Crippen molar-refractivity contribution in [1.29, 1.82) is 0 Å². The zero-order valence-corrected chi connectivity index (χ0v) is 18.9. The highest BCUT2D eigenvalue weighted by atomic mass is 16.5. The smallest absolute Gasteiger partial charge is 0.262 e. The second-order valence-corrected chi connectivity index (χ2v) is 7.68. The predicted molar refractivity (Wildman–Crippen MR) is 131 cm³/mol. The Kier molecular flexibility index (Phi) is 6.68. The van der Waals surface area contributed by atoms with Crippen molar-refractivity contribution in [2.24, 2.45) is 0 Å². The van der Waals surface area contributed by atoms with Gasteiger partial charge in [0.25, 0.3) is 11.5 Å². The normalized spacial score (nSPS) is 10.6. The minimum atomic E-state index is -0.380. The number of carbonyl (C=O) groups excluding carboxylic acids is 2. The van der Waals surface area contributed by atoms with E-state index in [-0.39, 0.29) is 30.3 Å². The van der Waals surface area contributed by atoms with Crippen molar-refractivity contribution < 1.29 is 14.3 Å². The van der Waals surface area contributed by atoms with Crippen molar-refractivity contribution >= 4 is 28.4 Å². The van der Waals surface area contributed by atoms with E-state index in [9.17, 15) is 14.4 Å². The van der Waals surface area contributed by atoms with Gasteiger partial charge in [0.1, 0.15) is 11.6 Å². The quantitative estimate of drug-likeness (QED) is 0.443. The maximum atomic E-state index is 13.1. The number of aromatic nitrogens is 2. The van der Waals surface area contributed by atoms with Gasteiger partial charge in [0.05, 0.1) is 18.4 Å². The second kappa shape index (κ2) is 9.99. The molecule has 8 nitrogen and oxygen atoms in total. The summed E-state index contributed by atoms with van der Waals surface area (Å²) in [6.45, 7) is 1.97. The van der Waals surface area contributed by atoms with Crippen LogP contribution in [-0.4, -0.2) is 35.0 Å². The number of nitrogens with zero attached hydrogens (tertiary/aromatic N) is 2. The standard InChI is InChI=1S/C26H24N4O4/c1-17-7-5-12-23(28-17)29-24(31)13-14-27-25(32)22-16-30(18-8-6-9-19(15-18)34-2)26(33)21-11-4-3-10-20(21)22/h3-12,15-16H,13-14H2,1-2H3,(H,27,32)(H,28,29,31). The number of aryl methyl sites for hydroxylation is 1. The Hall–Kier alpha value is -4.46. The third kappa shape index (κ3) is 4.96. The van der Waals surface area contributed by atoms with E-state index in [1.54, 1.807) is 61.7 Å². The number of hydrogen-bond donors (Lipinski definition) is 2. The van der Waals surface area contributed by atoms with E-state index >= 15 is 0 Å². The summed E-state index contributed by atoms with van der Waals surface area (Å²) < 4.78 is 6.70. The van der Waals surface area contributed by atoms with Gasteiger partial charge in [-0.1, -0.05) is 30.3 Å². The number of hydrogen-bond acceptors (Lipinski definition) is 5. The first-order valence-electron chi connectivity index (χ1n) is 10.8. The van der Waals surface area contributed by atoms with Gasteiger partial charge in [0, 0.05) is 41.7 Å². The first kappa shape index (κ1) is 22.7. The molecule has 0 saturated carbocycles. The fraction of sp³-hybridized carbons (Fsp3) is 0.154. The van der Waals surface area contributed by atoms with Crippen LogP contribution in [0.2, 0.25) is 0 Å². The third-order valence-corrected chi connectivity index (χ3v) is 5.29. The van der Waals surface area contributed by atoms with Crippen LogP contribution in [0.1, 0.15) is 22.5 Å². The maximum Gasteiger partial charge on any atom is 0.262 e. The Labute approximate surface area is 196 Å². The molecule has 2 N–H and O–H groups in total. The van der Waals surface area contributed by atoms with E-state index in [1.165, 1.54) is 10.8 Å². The molecule has 0 unspecified atom stereocenters. The van der Waals surface area contributed by atoms with Crippen molar-refractivity contribution in [3.05, 3.63) is 94.5 Å². The minimum Gasteiger partial charge on any atom is -0.497 e. The Bertz CT molecular complexity index is 1430. The molecule has 8 heteroatoms. The van der Waals surface area contributed by atoms with Crippen molar-refractivity contribution in [3.8, 4) is 11.4 Å². The number of pyridine rings is 2. The van der Waals surface area contributed by atoms with E-state index in [0.29, 0.717) is 33.6 Å². The van der Waals surface area contributed by atoms with Crippen LogP contribution in [0, 0.1) is 6.92 Å². The third-order valence-electron chi connectivity index (χ3n) is 5.29. The Morgan fingerprint density at radius 3 is 2.53 bits per heavy atom. The highest BCUT2D eigenvalue weighted by molar-refractivity contribution is 6.06. The first-order chi connectivity index (χ1) is 16.5. The lowest BCUT2D eigenvalue weighted by Crippen LogP contribution is -2.30. The average Bonchev–Trinajstić information content (AvgIpc) is 2.84. The van der Waals surface area contributed by atoms with Crippen LogP contribution >= 0.6 is 0 Å². The summed E-state index contributed by atoms with van der Waals surface area (Å²) in [5.74, 6) is 0.421. The van der Waals surface area contributed by atoms with Crippen molar-refractivity contribution in [1.82, 2.24) is 14.9 Å². The molecule has 0 fully saturated rings. The monoisotopic (exact) mass is 456 g/mol. The first-order valence-corrected chi connectivity index (χ1v) is 10.8. The van der Waals surface area contributed by atoms with Gasteiger partial charge in [-0.25, -0.2) is 4.98 Å². The molecule has 0 saturated heterocycles. The Morgan fingerprint density at radius 1 is 1.00 bits per heavy atom. The van der Waals surface area contributed by atoms with Crippen molar-refractivity contribution in [2.45, 2.75) is 13.3 Å². The number of ether oxygens (including phenoxy) is 1. The van der Waals surface area contributed by atoms with Gasteiger partial charge < -0.3 is 15.4 Å². The molecule has 2 amide bonds. The molecule has 0 spiro atoms. The van der Waals surface area contributed by atoms with Crippen molar-refractivity contribution in [3.63, 3.8) is 0 Å². The summed E-state index contributed by atoms with van der Waals surface area (Å²) in [6.07, 6.45) is 1.60. The zero-order valence-electron chi connectivity index (χ0n) is 18.9. The molecule has 2 aromatic heterocycles. The molecule has 4 aromatic rings. The SMILES string of the molecule is COc1cccc(-n2cc(C(=O)NCCC(=O)Nc3cccc(C)n3)c3ccccc3c2=O)c1. The highest BCUT2D eigenvalue weighted by Crippen LogP contribution is 2.20. The van der Waals surface area contributed by atoms with Crippen LogP contribution in [0.15, 0.2) is 77.7 Å². The molecule has 0 aliphatic carbocycles. The summed E-state index contributed by atoms with van der Waals surface area (Å²) in [7, 11) is 1.55. The van der Waals surface area contributed by atoms with Crippen LogP contribution in [0.5, 0.6) is 5.75 Å². The van der Waals surface area contributed by atoms with Crippen LogP contribution < -0.4 is 20.9 Å². The molecule has 4 rings (SSSR count). The van der Waals surface area contributed by atoms with Gasteiger partial charge in [-0.3, -0.25) is 19.0 Å². The van der Waals surface area contributed by atoms with Gasteiger partial charge in [0.15, 0.2) is 0 Å². The van der Waals surface area contributed by atoms with E-state index in [1.807, 2.05) is 19.1 Å². The summed E-state index contributed by atoms with van der Waals surface area (Å²) in [4.78, 5) is 42.7. The van der Waals surface area contributed by atoms with Crippen molar-refractivity contribution in [2.75, 3.05) is 19.0 Å². The number of rotatable bonds is 7. The number of nitrogens with one attached hydrogen (secondary N) is 2. The van der Waals surface area contributed by atoms with Crippen LogP contribution in [-0.2, 0) is 4.79 Å². The van der Waals surface area contributed by atoms with Gasteiger partial charge in [-0.05, 0) is 37.3 Å². The predicted octanol–water partition coefficient (Wildman–Crippen LogP) is 3.46. The number of benzene rings is 2. The van der Waals surface area contributed by atoms with Crippen LogP contribution in [0.3, 0.4) is 0 Å². The molecule has 34 heavy (non-hydrogen) atoms. The molecule has 0 aliphatic heterocycles. The van der Waals surface area contributed by atoms with Gasteiger partial charge in [-0.2, -0.15) is 0 Å². The zero-order chi connectivity index (χ0) is 24.1. The molecule has 172 valence electrons. The fourth-order valence-corrected chi connectivity index (χ4v) is 3.63. The number of methoxy groups -OCH3 is 1. The fourth-order valence-electron chi connectivity index (χ4n) is 3.63. The summed E-state index contributed by atoms with van der Waals surface area (Å²) >= 11 is 0. The largest absolute Gasteiger partial charge is 0.497 e. The number of carbonyl (C=O) groups is 2. The molecule has 0 atom stereocenters. The van der Waals surface area contributed by atoms with Gasteiger partial charge in [0.2, 0.25) is 5.91 Å². The topological polar surface area (TPSA) is 102 Å². The molecule has 0 bridgehead atoms. The molecule has 2 aromatic carbocycles. The van der Waals surface area contributed by atoms with Gasteiger partial charge in [-0.15, -0.1) is 0 Å². The Balaban J connectivity index is 1.55. The lowest BCUT2D eigenvalue weighted by Gasteiger charge is -2.13. The molecule has 2 heterocycles. The molecular weight excluding hydrogens is 432 g/mol. The van der Waals surface area contributed by atoms with E-state index < -0.39 is 0 Å². The number of amides is 2. The molecular formula is C26H24N4O4. The summed E-state index contributed by atoms with van der Waals surface area (Å²) in [5.41, 5.74) is 1.46. The summed E-state index contributed by atoms with van der Waals surface area (Å²) in [5, 5.41) is 6.45. The summed E-state index contributed by atoms with van der Waals surface area (Å²) in [6, 6.07) is 19.3. The Morgan fingerprint density at radius 2 is 1.76 bits per heavy atom. The molecule has 0 aliphatic rings. The van der Waals surface area contributed by atoms with Crippen LogP contribution in [0.25, 0.3) is 16.5 Å². The van der Waals surface area contributed by atoms with Gasteiger partial charge >= 0.3 is 0 Å². The average molecular weight is 457 g/mol.